The van der Waals surface area contributed by atoms with Crippen LogP contribution in [0.25, 0.3) is 0 Å². The highest BCUT2D eigenvalue weighted by Gasteiger charge is 2.14. The second-order valence-electron chi connectivity index (χ2n) is 5.16. The average Bonchev–Trinajstić information content (AvgIpc) is 3.09. The molecule has 130 valence electrons. The van der Waals surface area contributed by atoms with Crippen molar-refractivity contribution in [1.82, 2.24) is 10.0 Å². The first-order chi connectivity index (χ1) is 11.5. The molecule has 0 aliphatic carbocycles. The van der Waals surface area contributed by atoms with Crippen molar-refractivity contribution in [2.24, 2.45) is 0 Å². The summed E-state index contributed by atoms with van der Waals surface area (Å²) in [5, 5.41) is 5.22. The summed E-state index contributed by atoms with van der Waals surface area (Å²) < 4.78 is 26.5. The van der Waals surface area contributed by atoms with Crippen molar-refractivity contribution in [3.63, 3.8) is 0 Å². The number of halogens is 1. The number of hydrogen-bond donors (Lipinski definition) is 2. The number of carbonyl (C=O) groups excluding carboxylic acids is 1. The molecule has 0 radical (unpaired) electrons. The van der Waals surface area contributed by atoms with Crippen LogP contribution >= 0.6 is 22.9 Å². The Morgan fingerprint density at radius 1 is 1.12 bits per heavy atom. The van der Waals surface area contributed by atoms with Crippen LogP contribution in [0.2, 0.25) is 5.02 Å². The van der Waals surface area contributed by atoms with Gasteiger partial charge in [-0.15, -0.1) is 11.3 Å². The molecule has 2 rings (SSSR count). The van der Waals surface area contributed by atoms with E-state index in [2.05, 4.69) is 10.0 Å². The van der Waals surface area contributed by atoms with Gasteiger partial charge in [0.25, 0.3) is 0 Å². The summed E-state index contributed by atoms with van der Waals surface area (Å²) in [5.74, 6) is -0.0840. The maximum atomic E-state index is 11.9. The van der Waals surface area contributed by atoms with Crippen molar-refractivity contribution in [1.29, 1.82) is 0 Å². The summed E-state index contributed by atoms with van der Waals surface area (Å²) in [6, 6.07) is 10.7. The maximum absolute atomic E-state index is 11.9. The molecule has 2 N–H and O–H groups in total. The van der Waals surface area contributed by atoms with Crippen molar-refractivity contribution in [3.8, 4) is 0 Å². The Labute approximate surface area is 151 Å². The maximum Gasteiger partial charge on any atom is 0.250 e. The van der Waals surface area contributed by atoms with Gasteiger partial charge in [-0.2, -0.15) is 0 Å². The van der Waals surface area contributed by atoms with Gasteiger partial charge in [0.15, 0.2) is 0 Å². The van der Waals surface area contributed by atoms with Gasteiger partial charge in [-0.05, 0) is 42.0 Å². The highest BCUT2D eigenvalue weighted by Crippen LogP contribution is 2.15. The lowest BCUT2D eigenvalue weighted by Crippen LogP contribution is -2.28. The predicted molar refractivity (Wildman–Crippen MR) is 96.9 cm³/mol. The van der Waals surface area contributed by atoms with Crippen LogP contribution in [0.3, 0.4) is 0 Å². The van der Waals surface area contributed by atoms with Crippen molar-refractivity contribution < 1.29 is 13.2 Å². The monoisotopic (exact) mass is 386 g/mol. The molecule has 1 aromatic heterocycles. The zero-order valence-corrected chi connectivity index (χ0v) is 15.4. The van der Waals surface area contributed by atoms with Crippen molar-refractivity contribution >= 4 is 38.9 Å². The third-order valence-electron chi connectivity index (χ3n) is 3.28. The molecular weight excluding hydrogens is 368 g/mol. The molecule has 0 spiro atoms. The molecule has 0 fully saturated rings. The van der Waals surface area contributed by atoms with E-state index >= 15 is 0 Å². The second kappa shape index (κ2) is 9.17. The van der Waals surface area contributed by atoms with Crippen LogP contribution in [0.4, 0.5) is 0 Å². The van der Waals surface area contributed by atoms with Gasteiger partial charge < -0.3 is 5.32 Å². The standard InChI is InChI=1S/C16H19ClN2O3S2/c17-14-7-5-13(6-8-14)9-11-18-15(20)3-1-10-19-24(21,22)16-4-2-12-23-16/h2,4-8,12,19H,1,3,9-11H2,(H,18,20). The van der Waals surface area contributed by atoms with E-state index in [0.29, 0.717) is 18.0 Å². The van der Waals surface area contributed by atoms with Crippen molar-refractivity contribution in [3.05, 3.63) is 52.4 Å². The molecule has 1 heterocycles. The fourth-order valence-electron chi connectivity index (χ4n) is 2.03. The normalized spacial score (nSPS) is 11.4. The minimum Gasteiger partial charge on any atom is -0.356 e. The Morgan fingerprint density at radius 3 is 2.54 bits per heavy atom. The second-order valence-corrected chi connectivity index (χ2v) is 8.54. The van der Waals surface area contributed by atoms with Gasteiger partial charge in [0.05, 0.1) is 0 Å². The van der Waals surface area contributed by atoms with Crippen LogP contribution < -0.4 is 10.0 Å². The number of rotatable bonds is 9. The van der Waals surface area contributed by atoms with E-state index in [1.807, 2.05) is 24.3 Å². The molecule has 0 unspecified atom stereocenters. The van der Waals surface area contributed by atoms with Crippen molar-refractivity contribution in [2.75, 3.05) is 13.1 Å². The summed E-state index contributed by atoms with van der Waals surface area (Å²) in [6.45, 7) is 0.784. The molecule has 0 aliphatic heterocycles. The van der Waals surface area contributed by atoms with Gasteiger partial charge in [0, 0.05) is 24.5 Å². The number of hydrogen-bond acceptors (Lipinski definition) is 4. The molecule has 0 saturated heterocycles. The fourth-order valence-corrected chi connectivity index (χ4v) is 4.27. The lowest BCUT2D eigenvalue weighted by Gasteiger charge is -2.07. The third-order valence-corrected chi connectivity index (χ3v) is 6.39. The molecule has 0 atom stereocenters. The first-order valence-corrected chi connectivity index (χ1v) is 10.3. The van der Waals surface area contributed by atoms with Gasteiger partial charge in [-0.1, -0.05) is 29.8 Å². The summed E-state index contributed by atoms with van der Waals surface area (Å²) >= 11 is 6.98. The Morgan fingerprint density at radius 2 is 1.88 bits per heavy atom. The zero-order valence-electron chi connectivity index (χ0n) is 13.0. The number of amides is 1. The highest BCUT2D eigenvalue weighted by molar-refractivity contribution is 7.91. The van der Waals surface area contributed by atoms with E-state index in [4.69, 9.17) is 11.6 Å². The van der Waals surface area contributed by atoms with Gasteiger partial charge in [0.1, 0.15) is 4.21 Å². The first-order valence-electron chi connectivity index (χ1n) is 7.52. The Bertz CT molecular complexity index is 744. The van der Waals surface area contributed by atoms with Crippen LogP contribution in [0, 0.1) is 0 Å². The summed E-state index contributed by atoms with van der Waals surface area (Å²) in [6.07, 6.45) is 1.47. The van der Waals surface area contributed by atoms with E-state index in [-0.39, 0.29) is 23.1 Å². The molecule has 2 aromatic rings. The number of nitrogens with one attached hydrogen (secondary N) is 2. The third kappa shape index (κ3) is 6.24. The number of sulfonamides is 1. The fraction of sp³-hybridized carbons (Fsp3) is 0.312. The molecule has 0 aliphatic rings. The lowest BCUT2D eigenvalue weighted by molar-refractivity contribution is -0.121. The minimum atomic E-state index is -3.45. The smallest absolute Gasteiger partial charge is 0.250 e. The number of thiophene rings is 1. The summed E-state index contributed by atoms with van der Waals surface area (Å²) in [5.41, 5.74) is 1.10. The molecule has 0 saturated carbocycles. The quantitative estimate of drug-likeness (QED) is 0.650. The van der Waals surface area contributed by atoms with Gasteiger partial charge in [-0.3, -0.25) is 4.79 Å². The Balaban J connectivity index is 1.60. The van der Waals surface area contributed by atoms with Gasteiger partial charge in [-0.25, -0.2) is 13.1 Å². The molecule has 8 heteroatoms. The molecule has 0 bridgehead atoms. The van der Waals surface area contributed by atoms with E-state index in [9.17, 15) is 13.2 Å². The summed E-state index contributed by atoms with van der Waals surface area (Å²) in [7, 11) is -3.45. The topological polar surface area (TPSA) is 75.3 Å². The van der Waals surface area contributed by atoms with Crippen LogP contribution in [-0.2, 0) is 21.2 Å². The lowest BCUT2D eigenvalue weighted by atomic mass is 10.1. The molecule has 1 amide bonds. The van der Waals surface area contributed by atoms with E-state index in [0.717, 1.165) is 12.0 Å². The molecule has 24 heavy (non-hydrogen) atoms. The van der Waals surface area contributed by atoms with Gasteiger partial charge in [0.2, 0.25) is 15.9 Å². The van der Waals surface area contributed by atoms with E-state index < -0.39 is 10.0 Å². The van der Waals surface area contributed by atoms with Crippen molar-refractivity contribution in [2.45, 2.75) is 23.5 Å². The summed E-state index contributed by atoms with van der Waals surface area (Å²) in [4.78, 5) is 11.7. The zero-order chi connectivity index (χ0) is 17.4. The largest absolute Gasteiger partial charge is 0.356 e. The van der Waals surface area contributed by atoms with Crippen LogP contribution in [-0.4, -0.2) is 27.4 Å². The Hall–Kier alpha value is -1.41. The highest BCUT2D eigenvalue weighted by atomic mass is 35.5. The molecule has 1 aromatic carbocycles. The Kier molecular flexibility index (Phi) is 7.23. The van der Waals surface area contributed by atoms with Crippen LogP contribution in [0.1, 0.15) is 18.4 Å². The van der Waals surface area contributed by atoms with E-state index in [1.54, 1.807) is 17.5 Å². The number of benzene rings is 1. The van der Waals surface area contributed by atoms with Crippen LogP contribution in [0.15, 0.2) is 46.0 Å². The SMILES string of the molecule is O=C(CCCNS(=O)(=O)c1cccs1)NCCc1ccc(Cl)cc1. The van der Waals surface area contributed by atoms with Gasteiger partial charge >= 0.3 is 0 Å². The minimum absolute atomic E-state index is 0.0840. The average molecular weight is 387 g/mol. The first kappa shape index (κ1) is 18.9. The van der Waals surface area contributed by atoms with Crippen LogP contribution in [0.5, 0.6) is 0 Å². The molecular formula is C16H19ClN2O3S2. The molecule has 5 nitrogen and oxygen atoms in total. The predicted octanol–water partition coefficient (Wildman–Crippen LogP) is 2.82. The number of carbonyl (C=O) groups is 1. The van der Waals surface area contributed by atoms with E-state index in [1.165, 1.54) is 11.3 Å².